The van der Waals surface area contributed by atoms with E-state index in [-0.39, 0.29) is 24.3 Å². The number of amides is 3. The van der Waals surface area contributed by atoms with Crippen LogP contribution in [0.15, 0.2) is 24.3 Å². The molecule has 1 saturated heterocycles. The number of carbonyl (C=O) groups is 2. The third kappa shape index (κ3) is 5.11. The fourth-order valence-electron chi connectivity index (χ4n) is 3.65. The Bertz CT molecular complexity index is 625. The van der Waals surface area contributed by atoms with Gasteiger partial charge in [-0.2, -0.15) is 0 Å². The molecule has 2 heterocycles. The minimum atomic E-state index is -0.0750. The predicted molar refractivity (Wildman–Crippen MR) is 104 cm³/mol. The van der Waals surface area contributed by atoms with Crippen LogP contribution >= 0.6 is 12.4 Å². The van der Waals surface area contributed by atoms with Crippen LogP contribution in [0.3, 0.4) is 0 Å². The van der Waals surface area contributed by atoms with E-state index < -0.39 is 0 Å². The fraction of sp³-hybridized carbons (Fsp3) is 0.579. The summed E-state index contributed by atoms with van der Waals surface area (Å²) in [7, 11) is 1.94. The van der Waals surface area contributed by atoms with Gasteiger partial charge in [0.05, 0.1) is 0 Å². The van der Waals surface area contributed by atoms with Crippen LogP contribution in [0.5, 0.6) is 0 Å². The lowest BCUT2D eigenvalue weighted by Crippen LogP contribution is -2.48. The number of likely N-dealkylation sites (N-methyl/N-ethyl adjacent to an activating group) is 1. The molecule has 7 heteroatoms. The van der Waals surface area contributed by atoms with E-state index in [1.807, 2.05) is 29.0 Å². The lowest BCUT2D eigenvalue weighted by Gasteiger charge is -2.33. The van der Waals surface area contributed by atoms with Crippen LogP contribution < -0.4 is 10.6 Å². The largest absolute Gasteiger partial charge is 0.341 e. The summed E-state index contributed by atoms with van der Waals surface area (Å²) in [5, 5.41) is 6.15. The summed E-state index contributed by atoms with van der Waals surface area (Å²) in [4.78, 5) is 28.4. The van der Waals surface area contributed by atoms with Gasteiger partial charge in [-0.3, -0.25) is 4.79 Å². The summed E-state index contributed by atoms with van der Waals surface area (Å²) in [5.74, 6) is 0.129. The van der Waals surface area contributed by atoms with Gasteiger partial charge in [0.25, 0.3) is 0 Å². The van der Waals surface area contributed by atoms with Gasteiger partial charge in [-0.05, 0) is 37.4 Å². The Labute approximate surface area is 161 Å². The number of hydrogen-bond donors (Lipinski definition) is 2. The molecule has 0 spiro atoms. The van der Waals surface area contributed by atoms with Crippen LogP contribution in [0.2, 0.25) is 0 Å². The number of nitrogens with zero attached hydrogens (tertiary/aromatic N) is 2. The monoisotopic (exact) mass is 380 g/mol. The summed E-state index contributed by atoms with van der Waals surface area (Å²) < 4.78 is 0. The van der Waals surface area contributed by atoms with E-state index in [2.05, 4.69) is 22.8 Å². The zero-order valence-electron chi connectivity index (χ0n) is 15.4. The van der Waals surface area contributed by atoms with Crippen molar-refractivity contribution < 1.29 is 9.59 Å². The Morgan fingerprint density at radius 3 is 2.69 bits per heavy atom. The first-order valence-corrected chi connectivity index (χ1v) is 9.22. The molecule has 2 N–H and O–H groups in total. The van der Waals surface area contributed by atoms with Gasteiger partial charge in [-0.25, -0.2) is 4.79 Å². The maximum atomic E-state index is 12.3. The molecule has 0 aliphatic carbocycles. The summed E-state index contributed by atoms with van der Waals surface area (Å²) >= 11 is 0. The maximum absolute atomic E-state index is 12.3. The van der Waals surface area contributed by atoms with E-state index in [1.54, 1.807) is 0 Å². The summed E-state index contributed by atoms with van der Waals surface area (Å²) in [6.45, 7) is 3.37. The first-order chi connectivity index (χ1) is 12.2. The average molecular weight is 381 g/mol. The third-order valence-electron chi connectivity index (χ3n) is 5.22. The number of piperidine rings is 1. The molecular weight excluding hydrogens is 352 g/mol. The molecule has 0 aromatic heterocycles. The normalized spacial score (nSPS) is 19.3. The second-order valence-electron chi connectivity index (χ2n) is 6.89. The van der Waals surface area contributed by atoms with Crippen LogP contribution in [-0.4, -0.2) is 61.0 Å². The number of benzene rings is 1. The minimum absolute atomic E-state index is 0. The molecule has 26 heavy (non-hydrogen) atoms. The second kappa shape index (κ2) is 9.78. The molecule has 2 aliphatic rings. The van der Waals surface area contributed by atoms with Crippen LogP contribution in [-0.2, 0) is 17.8 Å². The van der Waals surface area contributed by atoms with E-state index in [0.717, 1.165) is 38.9 Å². The van der Waals surface area contributed by atoms with Crippen LogP contribution in [0, 0.1) is 0 Å². The Morgan fingerprint density at radius 2 is 1.92 bits per heavy atom. The summed E-state index contributed by atoms with van der Waals surface area (Å²) in [6, 6.07) is 8.57. The molecule has 0 radical (unpaired) electrons. The maximum Gasteiger partial charge on any atom is 0.317 e. The second-order valence-corrected chi connectivity index (χ2v) is 6.89. The standard InChI is InChI=1S/C19H28N4O2.ClH/c1-20-17-7-4-11-22(14-17)18(24)8-10-21-19(25)23-12-9-15-5-2-3-6-16(15)13-23;/h2-3,5-6,17,20H,4,7-14H2,1H3,(H,21,25);1H. The highest BCUT2D eigenvalue weighted by Gasteiger charge is 2.23. The van der Waals surface area contributed by atoms with Gasteiger partial charge in [0.1, 0.15) is 0 Å². The number of nitrogens with one attached hydrogen (secondary N) is 2. The van der Waals surface area contributed by atoms with Crippen molar-refractivity contribution >= 4 is 24.3 Å². The predicted octanol–water partition coefficient (Wildman–Crippen LogP) is 1.78. The van der Waals surface area contributed by atoms with Crippen molar-refractivity contribution in [1.29, 1.82) is 0 Å². The summed E-state index contributed by atoms with van der Waals surface area (Å²) in [6.07, 6.45) is 3.42. The summed E-state index contributed by atoms with van der Waals surface area (Å²) in [5.41, 5.74) is 2.54. The molecule has 0 saturated carbocycles. The number of urea groups is 1. The number of hydrogen-bond acceptors (Lipinski definition) is 3. The molecule has 1 fully saturated rings. The molecule has 1 aromatic rings. The Hall–Kier alpha value is -1.79. The van der Waals surface area contributed by atoms with Crippen molar-refractivity contribution in [3.63, 3.8) is 0 Å². The zero-order chi connectivity index (χ0) is 17.6. The fourth-order valence-corrected chi connectivity index (χ4v) is 3.65. The number of rotatable bonds is 4. The highest BCUT2D eigenvalue weighted by atomic mass is 35.5. The third-order valence-corrected chi connectivity index (χ3v) is 5.22. The van der Waals surface area contributed by atoms with Crippen molar-refractivity contribution in [3.8, 4) is 0 Å². The van der Waals surface area contributed by atoms with Crippen molar-refractivity contribution in [2.75, 3.05) is 33.2 Å². The van der Waals surface area contributed by atoms with Crippen molar-refractivity contribution in [2.24, 2.45) is 0 Å². The van der Waals surface area contributed by atoms with Gasteiger partial charge in [-0.15, -0.1) is 12.4 Å². The van der Waals surface area contributed by atoms with Crippen LogP contribution in [0.1, 0.15) is 30.4 Å². The molecule has 3 amide bonds. The van der Waals surface area contributed by atoms with Gasteiger partial charge < -0.3 is 20.4 Å². The molecule has 6 nitrogen and oxygen atoms in total. The van der Waals surface area contributed by atoms with E-state index >= 15 is 0 Å². The molecule has 144 valence electrons. The van der Waals surface area contributed by atoms with Crippen LogP contribution in [0.25, 0.3) is 0 Å². The first-order valence-electron chi connectivity index (χ1n) is 9.22. The minimum Gasteiger partial charge on any atom is -0.341 e. The Morgan fingerprint density at radius 1 is 1.15 bits per heavy atom. The van der Waals surface area contributed by atoms with Gasteiger partial charge >= 0.3 is 6.03 Å². The average Bonchev–Trinajstić information content (AvgIpc) is 2.67. The van der Waals surface area contributed by atoms with E-state index in [0.29, 0.717) is 25.6 Å². The van der Waals surface area contributed by atoms with E-state index in [9.17, 15) is 9.59 Å². The molecule has 2 aliphatic heterocycles. The molecule has 1 atom stereocenters. The van der Waals surface area contributed by atoms with Gasteiger partial charge in [0.2, 0.25) is 5.91 Å². The topological polar surface area (TPSA) is 64.7 Å². The van der Waals surface area contributed by atoms with E-state index in [4.69, 9.17) is 0 Å². The van der Waals surface area contributed by atoms with Crippen molar-refractivity contribution in [2.45, 2.75) is 38.3 Å². The SMILES string of the molecule is CNC1CCCN(C(=O)CCNC(=O)N2CCc3ccccc3C2)C1.Cl. The van der Waals surface area contributed by atoms with Gasteiger partial charge in [-0.1, -0.05) is 24.3 Å². The zero-order valence-corrected chi connectivity index (χ0v) is 16.2. The number of likely N-dealkylation sites (tertiary alicyclic amines) is 1. The molecular formula is C19H29ClN4O2. The van der Waals surface area contributed by atoms with Crippen molar-refractivity contribution in [3.05, 3.63) is 35.4 Å². The highest BCUT2D eigenvalue weighted by molar-refractivity contribution is 5.85. The first kappa shape index (κ1) is 20.5. The van der Waals surface area contributed by atoms with E-state index in [1.165, 1.54) is 11.1 Å². The lowest BCUT2D eigenvalue weighted by molar-refractivity contribution is -0.132. The molecule has 0 bridgehead atoms. The Balaban J connectivity index is 0.00000243. The highest BCUT2D eigenvalue weighted by Crippen LogP contribution is 2.18. The van der Waals surface area contributed by atoms with Crippen molar-refractivity contribution in [1.82, 2.24) is 20.4 Å². The van der Waals surface area contributed by atoms with Crippen LogP contribution in [0.4, 0.5) is 4.79 Å². The molecule has 1 aromatic carbocycles. The Kier molecular flexibility index (Phi) is 7.72. The smallest absolute Gasteiger partial charge is 0.317 e. The van der Waals surface area contributed by atoms with Gasteiger partial charge in [0.15, 0.2) is 0 Å². The molecule has 1 unspecified atom stereocenters. The number of halogens is 1. The number of fused-ring (bicyclic) bond motifs is 1. The quantitative estimate of drug-likeness (QED) is 0.836. The van der Waals surface area contributed by atoms with Gasteiger partial charge in [0, 0.05) is 45.2 Å². The lowest BCUT2D eigenvalue weighted by atomic mass is 10.0. The number of carbonyl (C=O) groups excluding carboxylic acids is 2. The molecule has 3 rings (SSSR count).